The summed E-state index contributed by atoms with van der Waals surface area (Å²) >= 11 is 0. The van der Waals surface area contributed by atoms with E-state index in [1.807, 2.05) is 42.5 Å². The molecule has 134 valence electrons. The van der Waals surface area contributed by atoms with Crippen molar-refractivity contribution < 1.29 is 9.90 Å². The van der Waals surface area contributed by atoms with E-state index in [-0.39, 0.29) is 12.3 Å². The summed E-state index contributed by atoms with van der Waals surface area (Å²) in [4.78, 5) is 15.4. The fourth-order valence-electron chi connectivity index (χ4n) is 3.66. The number of aliphatic carboxylic acids is 1. The number of rotatable bonds is 6. The van der Waals surface area contributed by atoms with Crippen molar-refractivity contribution in [2.75, 3.05) is 0 Å². The van der Waals surface area contributed by atoms with Crippen LogP contribution in [0, 0.1) is 0 Å². The maximum atomic E-state index is 11.2. The Morgan fingerprint density at radius 2 is 1.67 bits per heavy atom. The third-order valence-corrected chi connectivity index (χ3v) is 4.91. The van der Waals surface area contributed by atoms with Crippen LogP contribution in [-0.4, -0.2) is 20.6 Å². The van der Waals surface area contributed by atoms with Crippen molar-refractivity contribution in [1.82, 2.24) is 9.55 Å². The van der Waals surface area contributed by atoms with Crippen LogP contribution in [0.1, 0.15) is 29.9 Å². The molecule has 1 N–H and O–H groups in total. The lowest BCUT2D eigenvalue weighted by atomic mass is 9.87. The van der Waals surface area contributed by atoms with Crippen LogP contribution < -0.4 is 0 Å². The van der Waals surface area contributed by atoms with Crippen molar-refractivity contribution in [3.63, 3.8) is 0 Å². The molecule has 0 aliphatic heterocycles. The highest BCUT2D eigenvalue weighted by molar-refractivity contribution is 5.86. The number of hydrogen-bond acceptors (Lipinski definition) is 2. The normalized spacial score (nSPS) is 12.1. The summed E-state index contributed by atoms with van der Waals surface area (Å²) in [6, 6.07) is 22.4. The third-order valence-electron chi connectivity index (χ3n) is 4.91. The highest BCUT2D eigenvalue weighted by atomic mass is 16.4. The van der Waals surface area contributed by atoms with Gasteiger partial charge < -0.3 is 9.67 Å². The van der Waals surface area contributed by atoms with Crippen LogP contribution in [0.4, 0.5) is 0 Å². The molecule has 0 saturated heterocycles. The summed E-state index contributed by atoms with van der Waals surface area (Å²) in [5.74, 6) is -0.746. The maximum Gasteiger partial charge on any atom is 0.303 e. The monoisotopic (exact) mass is 356 g/mol. The number of aromatic nitrogens is 2. The van der Waals surface area contributed by atoms with E-state index in [1.165, 1.54) is 0 Å². The van der Waals surface area contributed by atoms with E-state index in [9.17, 15) is 9.90 Å². The van der Waals surface area contributed by atoms with E-state index in [4.69, 9.17) is 0 Å². The lowest BCUT2D eigenvalue weighted by Crippen LogP contribution is -2.05. The van der Waals surface area contributed by atoms with Gasteiger partial charge in [0.15, 0.2) is 0 Å². The van der Waals surface area contributed by atoms with Crippen LogP contribution in [0.15, 0.2) is 85.3 Å². The van der Waals surface area contributed by atoms with Gasteiger partial charge in [-0.25, -0.2) is 0 Å². The van der Waals surface area contributed by atoms with Crippen molar-refractivity contribution in [2.24, 2.45) is 0 Å². The molecular formula is C23H20N2O2. The van der Waals surface area contributed by atoms with Crippen LogP contribution in [0.2, 0.25) is 0 Å². The predicted octanol–water partition coefficient (Wildman–Crippen LogP) is 5.02. The van der Waals surface area contributed by atoms with Crippen LogP contribution >= 0.6 is 0 Å². The first-order valence-corrected chi connectivity index (χ1v) is 9.01. The Morgan fingerprint density at radius 1 is 0.963 bits per heavy atom. The van der Waals surface area contributed by atoms with Gasteiger partial charge in [-0.15, -0.1) is 0 Å². The van der Waals surface area contributed by atoms with Gasteiger partial charge in [0.2, 0.25) is 0 Å². The molecule has 4 rings (SSSR count). The molecule has 0 fully saturated rings. The zero-order chi connectivity index (χ0) is 18.6. The quantitative estimate of drug-likeness (QED) is 0.528. The summed E-state index contributed by atoms with van der Waals surface area (Å²) in [5.41, 5.74) is 4.43. The first-order valence-electron chi connectivity index (χ1n) is 9.01. The molecule has 4 aromatic rings. The highest BCUT2D eigenvalue weighted by Crippen LogP contribution is 2.36. The molecule has 0 amide bonds. The average molecular weight is 356 g/mol. The van der Waals surface area contributed by atoms with Gasteiger partial charge in [-0.3, -0.25) is 9.78 Å². The van der Waals surface area contributed by atoms with E-state index in [2.05, 4.69) is 40.0 Å². The lowest BCUT2D eigenvalue weighted by molar-refractivity contribution is -0.137. The van der Waals surface area contributed by atoms with Gasteiger partial charge >= 0.3 is 5.97 Å². The Hall–Kier alpha value is -3.40. The fourth-order valence-corrected chi connectivity index (χ4v) is 3.66. The molecule has 4 nitrogen and oxygen atoms in total. The van der Waals surface area contributed by atoms with Gasteiger partial charge in [-0.05, 0) is 35.7 Å². The summed E-state index contributed by atoms with van der Waals surface area (Å²) in [6.45, 7) is 0. The van der Waals surface area contributed by atoms with E-state index < -0.39 is 5.97 Å². The van der Waals surface area contributed by atoms with E-state index >= 15 is 0 Å². The largest absolute Gasteiger partial charge is 0.481 e. The second-order valence-corrected chi connectivity index (χ2v) is 6.57. The molecule has 27 heavy (non-hydrogen) atoms. The topological polar surface area (TPSA) is 55.1 Å². The zero-order valence-corrected chi connectivity index (χ0v) is 14.8. The first-order chi connectivity index (χ1) is 13.2. The van der Waals surface area contributed by atoms with Gasteiger partial charge in [0.05, 0.1) is 5.52 Å². The number of nitrogens with zero attached hydrogens (tertiary/aromatic N) is 2. The van der Waals surface area contributed by atoms with Crippen LogP contribution in [-0.2, 0) is 4.79 Å². The Balaban J connectivity index is 1.88. The number of benzene rings is 2. The summed E-state index contributed by atoms with van der Waals surface area (Å²) < 4.78 is 2.16. The SMILES string of the molecule is O=C(O)CCC(c1ccccc1)c1cn(-c2ccncc2)c2ccccc12. The Morgan fingerprint density at radius 3 is 2.41 bits per heavy atom. The van der Waals surface area contributed by atoms with Gasteiger partial charge in [-0.1, -0.05) is 48.5 Å². The summed E-state index contributed by atoms with van der Waals surface area (Å²) in [6.07, 6.45) is 6.39. The Labute approximate surface area is 157 Å². The van der Waals surface area contributed by atoms with Gasteiger partial charge in [0.1, 0.15) is 0 Å². The maximum absolute atomic E-state index is 11.2. The van der Waals surface area contributed by atoms with Crippen molar-refractivity contribution in [2.45, 2.75) is 18.8 Å². The molecule has 0 saturated carbocycles. The van der Waals surface area contributed by atoms with E-state index in [1.54, 1.807) is 12.4 Å². The van der Waals surface area contributed by atoms with Crippen molar-refractivity contribution in [3.8, 4) is 5.69 Å². The third kappa shape index (κ3) is 3.47. The zero-order valence-electron chi connectivity index (χ0n) is 14.8. The van der Waals surface area contributed by atoms with Crippen LogP contribution in [0.25, 0.3) is 16.6 Å². The molecule has 0 radical (unpaired) electrons. The Kier molecular flexibility index (Phi) is 4.71. The smallest absolute Gasteiger partial charge is 0.303 e. The second kappa shape index (κ2) is 7.46. The molecule has 2 aromatic heterocycles. The molecule has 0 aliphatic rings. The number of fused-ring (bicyclic) bond motifs is 1. The van der Waals surface area contributed by atoms with Crippen molar-refractivity contribution in [3.05, 3.63) is 96.4 Å². The molecule has 0 bridgehead atoms. The average Bonchev–Trinajstić information content (AvgIpc) is 3.09. The predicted molar refractivity (Wildman–Crippen MR) is 106 cm³/mol. The summed E-state index contributed by atoms with van der Waals surface area (Å²) in [5, 5.41) is 10.4. The number of carbonyl (C=O) groups is 1. The number of hydrogen-bond donors (Lipinski definition) is 1. The molecule has 2 aromatic carbocycles. The van der Waals surface area contributed by atoms with E-state index in [0.717, 1.165) is 27.7 Å². The number of para-hydroxylation sites is 1. The summed E-state index contributed by atoms with van der Waals surface area (Å²) in [7, 11) is 0. The minimum Gasteiger partial charge on any atom is -0.481 e. The minimum atomic E-state index is -0.770. The number of carboxylic acid groups (broad SMARTS) is 1. The molecule has 2 heterocycles. The van der Waals surface area contributed by atoms with Crippen LogP contribution in [0.3, 0.4) is 0 Å². The van der Waals surface area contributed by atoms with Crippen LogP contribution in [0.5, 0.6) is 0 Å². The van der Waals surface area contributed by atoms with Crippen molar-refractivity contribution in [1.29, 1.82) is 0 Å². The number of carboxylic acids is 1. The Bertz CT molecular complexity index is 1060. The molecule has 0 spiro atoms. The molecular weight excluding hydrogens is 336 g/mol. The lowest BCUT2D eigenvalue weighted by Gasteiger charge is -2.16. The highest BCUT2D eigenvalue weighted by Gasteiger charge is 2.21. The molecule has 1 unspecified atom stereocenters. The first kappa shape index (κ1) is 17.0. The van der Waals surface area contributed by atoms with Gasteiger partial charge in [-0.2, -0.15) is 0 Å². The minimum absolute atomic E-state index is 0.0234. The number of pyridine rings is 1. The second-order valence-electron chi connectivity index (χ2n) is 6.57. The molecule has 0 aliphatic carbocycles. The standard InChI is InChI=1S/C23H20N2O2/c26-23(27)11-10-19(17-6-2-1-3-7-17)21-16-25(18-12-14-24-15-13-18)22-9-5-4-8-20(21)22/h1-9,12-16,19H,10-11H2,(H,26,27). The molecule has 1 atom stereocenters. The fraction of sp³-hybridized carbons (Fsp3) is 0.130. The molecule has 4 heteroatoms. The van der Waals surface area contributed by atoms with Gasteiger partial charge in [0, 0.05) is 42.0 Å². The van der Waals surface area contributed by atoms with E-state index in [0.29, 0.717) is 6.42 Å². The van der Waals surface area contributed by atoms with Crippen molar-refractivity contribution >= 4 is 16.9 Å². The van der Waals surface area contributed by atoms with Gasteiger partial charge in [0.25, 0.3) is 0 Å².